The molecule has 0 saturated carbocycles. The van der Waals surface area contributed by atoms with Crippen LogP contribution in [0.1, 0.15) is 11.1 Å². The molecular weight excluding hydrogens is 829 g/mol. The zero-order valence-corrected chi connectivity index (χ0v) is 37.6. The Bertz CT molecular complexity index is 3800. The molecule has 67 heavy (non-hydrogen) atoms. The molecule has 0 saturated heterocycles. The summed E-state index contributed by atoms with van der Waals surface area (Å²) in [5.74, 6) is 0. The van der Waals surface area contributed by atoms with Gasteiger partial charge in [0.05, 0.1) is 5.69 Å². The molecule has 11 aromatic carbocycles. The fourth-order valence-electron chi connectivity index (χ4n) is 10.7. The molecule has 0 atom stereocenters. The summed E-state index contributed by atoms with van der Waals surface area (Å²) in [6.07, 6.45) is 2.05. The van der Waals surface area contributed by atoms with E-state index in [1.807, 2.05) is 11.3 Å². The van der Waals surface area contributed by atoms with Gasteiger partial charge in [0.15, 0.2) is 0 Å². The average molecular weight is 873 g/mol. The number of rotatable bonds is 8. The van der Waals surface area contributed by atoms with E-state index in [0.717, 1.165) is 35.6 Å². The van der Waals surface area contributed by atoms with Crippen LogP contribution < -0.4 is 9.80 Å². The van der Waals surface area contributed by atoms with Gasteiger partial charge in [-0.1, -0.05) is 176 Å². The molecule has 1 aliphatic rings. The largest absolute Gasteiger partial charge is 0.310 e. The van der Waals surface area contributed by atoms with E-state index < -0.39 is 0 Å². The van der Waals surface area contributed by atoms with Crippen molar-refractivity contribution in [3.05, 3.63) is 254 Å². The predicted molar refractivity (Wildman–Crippen MR) is 287 cm³/mol. The zero-order chi connectivity index (χ0) is 44.3. The highest BCUT2D eigenvalue weighted by atomic mass is 32.1. The highest BCUT2D eigenvalue weighted by Crippen LogP contribution is 2.49. The van der Waals surface area contributed by atoms with Crippen LogP contribution in [-0.4, -0.2) is 0 Å². The molecule has 0 bridgehead atoms. The molecule has 0 amide bonds. The highest BCUT2D eigenvalue weighted by Gasteiger charge is 2.24. The van der Waals surface area contributed by atoms with Crippen molar-refractivity contribution in [3.8, 4) is 33.4 Å². The van der Waals surface area contributed by atoms with Crippen LogP contribution in [0.2, 0.25) is 0 Å². The van der Waals surface area contributed by atoms with E-state index in [2.05, 4.69) is 252 Å². The van der Waals surface area contributed by atoms with Crippen LogP contribution in [0.4, 0.5) is 34.1 Å². The highest BCUT2D eigenvalue weighted by molar-refractivity contribution is 7.27. The lowest BCUT2D eigenvalue weighted by atomic mass is 9.84. The normalized spacial score (nSPS) is 12.1. The number of thiophene rings is 1. The summed E-state index contributed by atoms with van der Waals surface area (Å²) in [4.78, 5) is 4.85. The number of hydrogen-bond donors (Lipinski definition) is 0. The zero-order valence-electron chi connectivity index (χ0n) is 36.8. The second-order valence-corrected chi connectivity index (χ2v) is 18.6. The fraction of sp³-hybridized carbons (Fsp3) is 0.0312. The summed E-state index contributed by atoms with van der Waals surface area (Å²) >= 11 is 1.92. The first kappa shape index (κ1) is 39.2. The summed E-state index contributed by atoms with van der Waals surface area (Å²) in [6.45, 7) is 0. The molecule has 1 heterocycles. The lowest BCUT2D eigenvalue weighted by molar-refractivity contribution is 0.938. The first-order chi connectivity index (χ1) is 33.2. The molecule has 0 N–H and O–H groups in total. The standard InChI is InChI=1S/C64H44N2S/c1-4-17-44(18-5-1)52-25-14-15-29-60(52)65(47-20-6-2-7-21-47)49-35-31-43(32-36-49)46-34-39-57-59(41-46)54-26-12-13-27-56(54)63-58-40-37-50(42-62(58)67-64(57)63)66(48-22-8-3-9-23-48)61-30-16-28-53-51-24-11-10-19-45(51)33-38-55(53)61/h1-32,34-37,39-42H,33,38H2. The molecule has 0 fully saturated rings. The molecule has 1 aromatic heterocycles. The topological polar surface area (TPSA) is 6.48 Å². The van der Waals surface area contributed by atoms with Crippen molar-refractivity contribution < 1.29 is 0 Å². The van der Waals surface area contributed by atoms with Crippen molar-refractivity contribution in [2.75, 3.05) is 9.80 Å². The Hall–Kier alpha value is -8.24. The van der Waals surface area contributed by atoms with E-state index in [-0.39, 0.29) is 0 Å². The summed E-state index contributed by atoms with van der Waals surface area (Å²) in [5.41, 5.74) is 17.3. The van der Waals surface area contributed by atoms with Gasteiger partial charge in [-0.15, -0.1) is 11.3 Å². The molecule has 0 spiro atoms. The number of benzene rings is 11. The maximum atomic E-state index is 2.48. The van der Waals surface area contributed by atoms with Gasteiger partial charge in [0.25, 0.3) is 0 Å². The maximum Gasteiger partial charge on any atom is 0.0540 e. The Labute approximate surface area is 394 Å². The van der Waals surface area contributed by atoms with E-state index in [1.165, 1.54) is 97.6 Å². The molecule has 0 aliphatic heterocycles. The van der Waals surface area contributed by atoms with Crippen molar-refractivity contribution in [2.45, 2.75) is 12.8 Å². The van der Waals surface area contributed by atoms with Gasteiger partial charge in [0, 0.05) is 59.6 Å². The molecule has 2 nitrogen and oxygen atoms in total. The lowest BCUT2D eigenvalue weighted by Crippen LogP contribution is -2.15. The molecule has 1 aliphatic carbocycles. The van der Waals surface area contributed by atoms with Crippen molar-refractivity contribution >= 4 is 87.2 Å². The van der Waals surface area contributed by atoms with Gasteiger partial charge in [0.2, 0.25) is 0 Å². The number of nitrogens with zero attached hydrogens (tertiary/aromatic N) is 2. The molecule has 13 rings (SSSR count). The molecular formula is C64H44N2S. The van der Waals surface area contributed by atoms with E-state index in [4.69, 9.17) is 0 Å². The minimum Gasteiger partial charge on any atom is -0.310 e. The van der Waals surface area contributed by atoms with E-state index in [1.54, 1.807) is 0 Å². The van der Waals surface area contributed by atoms with Crippen molar-refractivity contribution in [1.29, 1.82) is 0 Å². The Kier molecular flexibility index (Phi) is 9.54. The van der Waals surface area contributed by atoms with Gasteiger partial charge in [-0.05, 0) is 135 Å². The van der Waals surface area contributed by atoms with E-state index in [9.17, 15) is 0 Å². The predicted octanol–water partition coefficient (Wildman–Crippen LogP) is 18.4. The van der Waals surface area contributed by atoms with Crippen LogP contribution in [0, 0.1) is 0 Å². The number of anilines is 6. The Morgan fingerprint density at radius 1 is 0.313 bits per heavy atom. The first-order valence-electron chi connectivity index (χ1n) is 23.2. The van der Waals surface area contributed by atoms with E-state index in [0.29, 0.717) is 0 Å². The smallest absolute Gasteiger partial charge is 0.0540 e. The van der Waals surface area contributed by atoms with Crippen molar-refractivity contribution in [1.82, 2.24) is 0 Å². The molecule has 0 radical (unpaired) electrons. The van der Waals surface area contributed by atoms with E-state index >= 15 is 0 Å². The first-order valence-corrected chi connectivity index (χ1v) is 24.0. The minimum atomic E-state index is 1.01. The Balaban J connectivity index is 0.919. The van der Waals surface area contributed by atoms with Gasteiger partial charge in [-0.2, -0.15) is 0 Å². The minimum absolute atomic E-state index is 1.01. The molecule has 0 unspecified atom stereocenters. The Morgan fingerprint density at radius 2 is 0.881 bits per heavy atom. The number of fused-ring (bicyclic) bond motifs is 11. The monoisotopic (exact) mass is 872 g/mol. The third-order valence-corrected chi connectivity index (χ3v) is 14.9. The van der Waals surface area contributed by atoms with Gasteiger partial charge in [-0.25, -0.2) is 0 Å². The summed E-state index contributed by atoms with van der Waals surface area (Å²) in [7, 11) is 0. The van der Waals surface area contributed by atoms with Crippen molar-refractivity contribution in [2.24, 2.45) is 0 Å². The number of para-hydroxylation sites is 3. The molecule has 316 valence electrons. The summed E-state index contributed by atoms with van der Waals surface area (Å²) in [5, 5.41) is 7.78. The summed E-state index contributed by atoms with van der Waals surface area (Å²) in [6, 6.07) is 89.0. The van der Waals surface area contributed by atoms with Crippen LogP contribution in [-0.2, 0) is 12.8 Å². The quantitative estimate of drug-likeness (QED) is 0.140. The number of hydrogen-bond acceptors (Lipinski definition) is 3. The Morgan fingerprint density at radius 3 is 1.66 bits per heavy atom. The molecule has 3 heteroatoms. The van der Waals surface area contributed by atoms with Gasteiger partial charge < -0.3 is 9.80 Å². The second-order valence-electron chi connectivity index (χ2n) is 17.5. The van der Waals surface area contributed by atoms with Crippen LogP contribution in [0.15, 0.2) is 243 Å². The van der Waals surface area contributed by atoms with Crippen molar-refractivity contribution in [3.63, 3.8) is 0 Å². The third-order valence-electron chi connectivity index (χ3n) is 13.7. The third kappa shape index (κ3) is 6.70. The SMILES string of the molecule is c1ccc(-c2ccccc2N(c2ccccc2)c2ccc(-c3ccc4c(c3)c3ccccc3c3c5ccc(N(c6ccccc6)c6cccc7c6CCc6ccccc6-7)cc5sc43)cc2)cc1. The average Bonchev–Trinajstić information content (AvgIpc) is 3.79. The number of aryl methyl sites for hydroxylation is 1. The van der Waals surface area contributed by atoms with Gasteiger partial charge >= 0.3 is 0 Å². The maximum absolute atomic E-state index is 2.48. The fourth-order valence-corrected chi connectivity index (χ4v) is 12.0. The van der Waals surface area contributed by atoms with Crippen LogP contribution in [0.5, 0.6) is 0 Å². The van der Waals surface area contributed by atoms with Gasteiger partial charge in [0.1, 0.15) is 0 Å². The lowest BCUT2D eigenvalue weighted by Gasteiger charge is -2.31. The van der Waals surface area contributed by atoms with Crippen LogP contribution in [0.3, 0.4) is 0 Å². The van der Waals surface area contributed by atoms with Crippen LogP contribution >= 0.6 is 11.3 Å². The van der Waals surface area contributed by atoms with Crippen LogP contribution in [0.25, 0.3) is 75.1 Å². The molecule has 12 aromatic rings. The van der Waals surface area contributed by atoms with Gasteiger partial charge in [-0.3, -0.25) is 0 Å². The second kappa shape index (κ2) is 16.3. The summed E-state index contributed by atoms with van der Waals surface area (Å²) < 4.78 is 2.62.